The fourth-order valence-corrected chi connectivity index (χ4v) is 1.50. The molecule has 2 nitrogen and oxygen atoms in total. The summed E-state index contributed by atoms with van der Waals surface area (Å²) >= 11 is 0. The number of hydrogen-bond acceptors (Lipinski definition) is 2. The van der Waals surface area contributed by atoms with Crippen molar-refractivity contribution in [3.8, 4) is 0 Å². The van der Waals surface area contributed by atoms with Crippen LogP contribution in [0.5, 0.6) is 0 Å². The molecule has 0 spiro atoms. The molecule has 0 saturated heterocycles. The van der Waals surface area contributed by atoms with Gasteiger partial charge in [0, 0.05) is 18.0 Å². The van der Waals surface area contributed by atoms with E-state index in [0.29, 0.717) is 12.0 Å². The molecule has 0 unspecified atom stereocenters. The van der Waals surface area contributed by atoms with Crippen LogP contribution in [-0.2, 0) is 0 Å². The lowest BCUT2D eigenvalue weighted by Gasteiger charge is -2.28. The molecule has 0 fully saturated rings. The Balaban J connectivity index is 4.65. The second-order valence-electron chi connectivity index (χ2n) is 4.39. The van der Waals surface area contributed by atoms with Crippen LogP contribution in [0.4, 0.5) is 0 Å². The maximum absolute atomic E-state index is 4.55. The summed E-state index contributed by atoms with van der Waals surface area (Å²) in [5, 5.41) is 6.67. The van der Waals surface area contributed by atoms with Crippen molar-refractivity contribution in [2.45, 2.75) is 60.4 Å². The van der Waals surface area contributed by atoms with Crippen molar-refractivity contribution in [3.05, 3.63) is 11.8 Å². The number of unbranched alkanes of at least 4 members (excludes halogenated alkanes) is 1. The molecule has 0 aliphatic carbocycles. The monoisotopic (exact) mass is 210 g/mol. The predicted octanol–water partition coefficient (Wildman–Crippen LogP) is 4.04. The third-order valence-electron chi connectivity index (χ3n) is 2.26. The molecule has 0 bridgehead atoms. The van der Waals surface area contributed by atoms with Gasteiger partial charge in [0.15, 0.2) is 0 Å². The van der Waals surface area contributed by atoms with E-state index in [-0.39, 0.29) is 0 Å². The van der Waals surface area contributed by atoms with Gasteiger partial charge in [-0.1, -0.05) is 33.3 Å². The Labute approximate surface area is 95.1 Å². The van der Waals surface area contributed by atoms with Crippen molar-refractivity contribution in [2.75, 3.05) is 0 Å². The lowest BCUT2D eigenvalue weighted by Crippen LogP contribution is -2.27. The molecule has 0 aromatic heterocycles. The van der Waals surface area contributed by atoms with E-state index in [1.165, 1.54) is 5.70 Å². The van der Waals surface area contributed by atoms with Gasteiger partial charge in [-0.25, -0.2) is 0 Å². The van der Waals surface area contributed by atoms with E-state index in [9.17, 15) is 0 Å². The average molecular weight is 210 g/mol. The Hall–Kier alpha value is -0.790. The van der Waals surface area contributed by atoms with E-state index in [0.717, 1.165) is 12.8 Å². The predicted molar refractivity (Wildman–Crippen MR) is 69.0 cm³/mol. The Bertz CT molecular complexity index is 215. The summed E-state index contributed by atoms with van der Waals surface area (Å²) < 4.78 is 0. The highest BCUT2D eigenvalue weighted by Crippen LogP contribution is 2.18. The fourth-order valence-electron chi connectivity index (χ4n) is 1.50. The molecule has 0 radical (unpaired) electrons. The number of hydrazone groups is 1. The first-order valence-electron chi connectivity index (χ1n) is 6.02. The van der Waals surface area contributed by atoms with Gasteiger partial charge in [-0.3, -0.25) is 5.01 Å². The first kappa shape index (κ1) is 14.2. The summed E-state index contributed by atoms with van der Waals surface area (Å²) in [6, 6.07) is 0.423. The molecule has 0 aliphatic heterocycles. The van der Waals surface area contributed by atoms with Gasteiger partial charge in [-0.15, -0.1) is 0 Å². The molecule has 0 N–H and O–H groups in total. The Morgan fingerprint density at radius 1 is 1.27 bits per heavy atom. The smallest absolute Gasteiger partial charge is 0.0465 e. The average Bonchev–Trinajstić information content (AvgIpc) is 2.16. The van der Waals surface area contributed by atoms with Crippen molar-refractivity contribution in [1.82, 2.24) is 5.01 Å². The van der Waals surface area contributed by atoms with Crippen LogP contribution >= 0.6 is 0 Å². The lowest BCUT2D eigenvalue weighted by atomic mass is 10.1. The summed E-state index contributed by atoms with van der Waals surface area (Å²) in [7, 11) is 0. The van der Waals surface area contributed by atoms with E-state index in [4.69, 9.17) is 0 Å². The first-order chi connectivity index (χ1) is 7.04. The van der Waals surface area contributed by atoms with Crippen molar-refractivity contribution < 1.29 is 0 Å². The van der Waals surface area contributed by atoms with Crippen LogP contribution in [0.3, 0.4) is 0 Å². The number of hydrogen-bond donors (Lipinski definition) is 0. The molecule has 0 rings (SSSR count). The minimum atomic E-state index is 0.423. The number of allylic oxidation sites excluding steroid dienone is 2. The van der Waals surface area contributed by atoms with Gasteiger partial charge in [0.2, 0.25) is 0 Å². The van der Waals surface area contributed by atoms with Crippen LogP contribution in [-0.4, -0.2) is 17.3 Å². The van der Waals surface area contributed by atoms with Crippen molar-refractivity contribution in [3.63, 3.8) is 0 Å². The van der Waals surface area contributed by atoms with Crippen LogP contribution in [0.1, 0.15) is 54.4 Å². The Morgan fingerprint density at radius 3 is 2.20 bits per heavy atom. The summed E-state index contributed by atoms with van der Waals surface area (Å²) in [6.45, 7) is 13.0. The fraction of sp³-hybridized carbons (Fsp3) is 0.769. The zero-order valence-electron chi connectivity index (χ0n) is 11.1. The van der Waals surface area contributed by atoms with E-state index < -0.39 is 0 Å². The molecular weight excluding hydrogens is 184 g/mol. The maximum atomic E-state index is 4.55. The summed E-state index contributed by atoms with van der Waals surface area (Å²) in [6.07, 6.45) is 6.39. The second-order valence-corrected chi connectivity index (χ2v) is 4.39. The van der Waals surface area contributed by atoms with Crippen molar-refractivity contribution >= 4 is 6.21 Å². The highest BCUT2D eigenvalue weighted by atomic mass is 15.5. The van der Waals surface area contributed by atoms with E-state index >= 15 is 0 Å². The summed E-state index contributed by atoms with van der Waals surface area (Å²) in [5.41, 5.74) is 1.30. The SMILES string of the molecule is C/C=C(/C(C)C)N(/N=C\CCC)C(C)C. The van der Waals surface area contributed by atoms with Crippen LogP contribution in [0.25, 0.3) is 0 Å². The van der Waals surface area contributed by atoms with Gasteiger partial charge >= 0.3 is 0 Å². The molecule has 0 saturated carbocycles. The minimum absolute atomic E-state index is 0.423. The van der Waals surface area contributed by atoms with Crippen molar-refractivity contribution in [2.24, 2.45) is 11.0 Å². The molecule has 2 heteroatoms. The molecule has 0 aliphatic rings. The summed E-state index contributed by atoms with van der Waals surface area (Å²) in [4.78, 5) is 0. The topological polar surface area (TPSA) is 15.6 Å². The van der Waals surface area contributed by atoms with E-state index in [1.807, 2.05) is 6.21 Å². The molecule has 15 heavy (non-hydrogen) atoms. The highest BCUT2D eigenvalue weighted by molar-refractivity contribution is 5.56. The lowest BCUT2D eigenvalue weighted by molar-refractivity contribution is 0.271. The van der Waals surface area contributed by atoms with Crippen molar-refractivity contribution in [1.29, 1.82) is 0 Å². The maximum Gasteiger partial charge on any atom is 0.0465 e. The molecule has 0 aromatic carbocycles. The minimum Gasteiger partial charge on any atom is -0.268 e. The zero-order chi connectivity index (χ0) is 11.8. The quantitative estimate of drug-likeness (QED) is 0.477. The van der Waals surface area contributed by atoms with E-state index in [1.54, 1.807) is 0 Å². The molecule has 0 amide bonds. The van der Waals surface area contributed by atoms with Gasteiger partial charge in [0.25, 0.3) is 0 Å². The number of nitrogens with zero attached hydrogens (tertiary/aromatic N) is 2. The second kappa shape index (κ2) is 7.49. The van der Waals surface area contributed by atoms with Gasteiger partial charge < -0.3 is 0 Å². The van der Waals surface area contributed by atoms with Crippen LogP contribution in [0.2, 0.25) is 0 Å². The number of rotatable bonds is 6. The molecule has 88 valence electrons. The van der Waals surface area contributed by atoms with E-state index in [2.05, 4.69) is 57.7 Å². The molecular formula is C13H26N2. The molecule has 0 aromatic rings. The van der Waals surface area contributed by atoms with Gasteiger partial charge in [0.05, 0.1) is 0 Å². The first-order valence-corrected chi connectivity index (χ1v) is 6.02. The normalized spacial score (nSPS) is 13.2. The standard InChI is InChI=1S/C13H26N2/c1-7-9-10-14-15(12(5)6)13(8-2)11(3)4/h8,10-12H,7,9H2,1-6H3/b13-8-,14-10-. The summed E-state index contributed by atoms with van der Waals surface area (Å²) in [5.74, 6) is 0.524. The highest BCUT2D eigenvalue weighted by Gasteiger charge is 2.13. The van der Waals surface area contributed by atoms with Crippen LogP contribution in [0.15, 0.2) is 16.9 Å². The third-order valence-corrected chi connectivity index (χ3v) is 2.26. The van der Waals surface area contributed by atoms with Gasteiger partial charge in [-0.05, 0) is 33.1 Å². The molecule has 0 heterocycles. The van der Waals surface area contributed by atoms with Crippen LogP contribution < -0.4 is 0 Å². The Morgan fingerprint density at radius 2 is 1.87 bits per heavy atom. The zero-order valence-corrected chi connectivity index (χ0v) is 11.1. The third kappa shape index (κ3) is 5.01. The Kier molecular flexibility index (Phi) is 7.10. The largest absolute Gasteiger partial charge is 0.268 e. The van der Waals surface area contributed by atoms with Crippen LogP contribution in [0, 0.1) is 5.92 Å². The molecule has 0 atom stereocenters. The van der Waals surface area contributed by atoms with Gasteiger partial charge in [0.1, 0.15) is 0 Å². The van der Waals surface area contributed by atoms with Gasteiger partial charge in [-0.2, -0.15) is 5.10 Å².